The van der Waals surface area contributed by atoms with Gasteiger partial charge >= 0.3 is 0 Å². The van der Waals surface area contributed by atoms with Crippen molar-refractivity contribution in [2.45, 2.75) is 19.1 Å². The minimum Gasteiger partial charge on any atom is -0.390 e. The first-order valence-electron chi connectivity index (χ1n) is 8.45. The van der Waals surface area contributed by atoms with E-state index in [2.05, 4.69) is 5.16 Å². The normalized spacial score (nSPS) is 16.1. The van der Waals surface area contributed by atoms with E-state index in [1.807, 2.05) is 54.6 Å². The van der Waals surface area contributed by atoms with Crippen molar-refractivity contribution >= 4 is 23.2 Å². The molecule has 0 bridgehead atoms. The number of carbonyl (C=O) groups is 1. The largest absolute Gasteiger partial charge is 0.390 e. The van der Waals surface area contributed by atoms with Crippen LogP contribution in [0.2, 0.25) is 5.02 Å². The molecule has 136 valence electrons. The molecule has 6 heteroatoms. The van der Waals surface area contributed by atoms with Gasteiger partial charge in [0.15, 0.2) is 6.10 Å². The summed E-state index contributed by atoms with van der Waals surface area (Å²) in [5.41, 5.74) is 2.91. The van der Waals surface area contributed by atoms with Crippen LogP contribution in [-0.4, -0.2) is 42.9 Å². The van der Waals surface area contributed by atoms with Crippen LogP contribution in [0, 0.1) is 0 Å². The molecule has 0 unspecified atom stereocenters. The number of halogens is 1. The van der Waals surface area contributed by atoms with Gasteiger partial charge in [-0.3, -0.25) is 4.79 Å². The Kier molecular flexibility index (Phi) is 6.26. The molecule has 1 heterocycles. The molecule has 1 amide bonds. The highest BCUT2D eigenvalue weighted by Crippen LogP contribution is 2.20. The number of nitrogens with zero attached hydrogens (tertiary/aromatic N) is 2. The van der Waals surface area contributed by atoms with Gasteiger partial charge in [-0.05, 0) is 23.3 Å². The van der Waals surface area contributed by atoms with Gasteiger partial charge in [-0.25, -0.2) is 0 Å². The molecular formula is C20H21ClN2O3. The third-order valence-corrected chi connectivity index (χ3v) is 4.42. The van der Waals surface area contributed by atoms with E-state index in [4.69, 9.17) is 21.2 Å². The molecule has 2 aromatic carbocycles. The second-order valence-electron chi connectivity index (χ2n) is 6.17. The van der Waals surface area contributed by atoms with E-state index in [0.717, 1.165) is 16.8 Å². The summed E-state index contributed by atoms with van der Waals surface area (Å²) < 4.78 is 5.02. The van der Waals surface area contributed by atoms with Crippen molar-refractivity contribution in [3.63, 3.8) is 0 Å². The van der Waals surface area contributed by atoms with Gasteiger partial charge in [-0.2, -0.15) is 0 Å². The Hall–Kier alpha value is -2.37. The van der Waals surface area contributed by atoms with E-state index in [0.29, 0.717) is 24.5 Å². The van der Waals surface area contributed by atoms with Crippen LogP contribution < -0.4 is 0 Å². The standard InChI is InChI=1S/C20H21ClN2O3/c1-25-14-20(24)23(12-15-5-3-2-4-6-15)13-18-11-19(22-26-18)16-7-9-17(21)10-8-16/h2-10,18H,11-14H2,1H3/t18-/m0/s1. The maximum absolute atomic E-state index is 12.4. The zero-order valence-corrected chi connectivity index (χ0v) is 15.4. The van der Waals surface area contributed by atoms with Crippen LogP contribution in [-0.2, 0) is 20.9 Å². The lowest BCUT2D eigenvalue weighted by molar-refractivity contribution is -0.137. The lowest BCUT2D eigenvalue weighted by Gasteiger charge is -2.24. The molecular weight excluding hydrogens is 352 g/mol. The van der Waals surface area contributed by atoms with E-state index in [1.54, 1.807) is 4.90 Å². The molecule has 1 aliphatic heterocycles. The second-order valence-corrected chi connectivity index (χ2v) is 6.61. The molecule has 0 aliphatic carbocycles. The summed E-state index contributed by atoms with van der Waals surface area (Å²) >= 11 is 5.93. The summed E-state index contributed by atoms with van der Waals surface area (Å²) in [5, 5.41) is 4.87. The van der Waals surface area contributed by atoms with Crippen LogP contribution >= 0.6 is 11.6 Å². The van der Waals surface area contributed by atoms with Crippen LogP contribution in [0.1, 0.15) is 17.5 Å². The number of methoxy groups -OCH3 is 1. The molecule has 26 heavy (non-hydrogen) atoms. The van der Waals surface area contributed by atoms with Gasteiger partial charge in [-0.15, -0.1) is 0 Å². The summed E-state index contributed by atoms with van der Waals surface area (Å²) in [6.07, 6.45) is 0.470. The Morgan fingerprint density at radius 3 is 2.65 bits per heavy atom. The van der Waals surface area contributed by atoms with E-state index in [9.17, 15) is 4.79 Å². The van der Waals surface area contributed by atoms with E-state index >= 15 is 0 Å². The van der Waals surface area contributed by atoms with Gasteiger partial charge in [0.2, 0.25) is 5.91 Å². The van der Waals surface area contributed by atoms with Gasteiger partial charge in [-0.1, -0.05) is 59.2 Å². The fourth-order valence-corrected chi connectivity index (χ4v) is 2.98. The molecule has 5 nitrogen and oxygen atoms in total. The Morgan fingerprint density at radius 1 is 1.23 bits per heavy atom. The Morgan fingerprint density at radius 2 is 1.96 bits per heavy atom. The summed E-state index contributed by atoms with van der Waals surface area (Å²) in [6.45, 7) is 1.02. The van der Waals surface area contributed by atoms with Crippen molar-refractivity contribution < 1.29 is 14.4 Å². The first-order chi connectivity index (χ1) is 12.7. The number of benzene rings is 2. The van der Waals surface area contributed by atoms with Crippen molar-refractivity contribution in [3.05, 3.63) is 70.7 Å². The molecule has 0 saturated carbocycles. The molecule has 3 rings (SSSR count). The van der Waals surface area contributed by atoms with Crippen LogP contribution in [0.15, 0.2) is 59.8 Å². The van der Waals surface area contributed by atoms with Crippen molar-refractivity contribution in [3.8, 4) is 0 Å². The third-order valence-electron chi connectivity index (χ3n) is 4.17. The summed E-state index contributed by atoms with van der Waals surface area (Å²) in [6, 6.07) is 17.4. The number of carbonyl (C=O) groups excluding carboxylic acids is 1. The number of ether oxygens (including phenoxy) is 1. The first kappa shape index (κ1) is 18.4. The molecule has 0 fully saturated rings. The number of oxime groups is 1. The molecule has 2 aromatic rings. The van der Waals surface area contributed by atoms with Crippen molar-refractivity contribution in [1.82, 2.24) is 4.90 Å². The van der Waals surface area contributed by atoms with Crippen molar-refractivity contribution in [1.29, 1.82) is 0 Å². The highest BCUT2D eigenvalue weighted by Gasteiger charge is 2.26. The second kappa shape index (κ2) is 8.83. The minimum absolute atomic E-state index is 0.0461. The SMILES string of the molecule is COCC(=O)N(Cc1ccccc1)C[C@@H]1CC(c2ccc(Cl)cc2)=NO1. The van der Waals surface area contributed by atoms with Crippen LogP contribution in [0.4, 0.5) is 0 Å². The van der Waals surface area contributed by atoms with E-state index < -0.39 is 0 Å². The highest BCUT2D eigenvalue weighted by molar-refractivity contribution is 6.30. The first-order valence-corrected chi connectivity index (χ1v) is 8.83. The van der Waals surface area contributed by atoms with Gasteiger partial charge in [0.25, 0.3) is 0 Å². The smallest absolute Gasteiger partial charge is 0.248 e. The van der Waals surface area contributed by atoms with Gasteiger partial charge in [0.1, 0.15) is 6.61 Å². The maximum atomic E-state index is 12.4. The lowest BCUT2D eigenvalue weighted by atomic mass is 10.0. The van der Waals surface area contributed by atoms with Crippen molar-refractivity contribution in [2.24, 2.45) is 5.16 Å². The van der Waals surface area contributed by atoms with Gasteiger partial charge < -0.3 is 14.5 Å². The van der Waals surface area contributed by atoms with Crippen molar-refractivity contribution in [2.75, 3.05) is 20.3 Å². The number of rotatable bonds is 7. The quantitative estimate of drug-likeness (QED) is 0.747. The zero-order valence-electron chi connectivity index (χ0n) is 14.6. The Balaban J connectivity index is 1.64. The van der Waals surface area contributed by atoms with Crippen LogP contribution in [0.5, 0.6) is 0 Å². The van der Waals surface area contributed by atoms with Gasteiger partial charge in [0, 0.05) is 25.1 Å². The third kappa shape index (κ3) is 4.84. The molecule has 0 aromatic heterocycles. The zero-order chi connectivity index (χ0) is 18.4. The monoisotopic (exact) mass is 372 g/mol. The highest BCUT2D eigenvalue weighted by atomic mass is 35.5. The fraction of sp³-hybridized carbons (Fsp3) is 0.300. The van der Waals surface area contributed by atoms with E-state index in [1.165, 1.54) is 7.11 Å². The summed E-state index contributed by atoms with van der Waals surface area (Å²) in [5.74, 6) is -0.0695. The molecule has 0 N–H and O–H groups in total. The average Bonchev–Trinajstić information content (AvgIpc) is 3.11. The summed E-state index contributed by atoms with van der Waals surface area (Å²) in [4.78, 5) is 19.7. The van der Waals surface area contributed by atoms with Crippen LogP contribution in [0.25, 0.3) is 0 Å². The fourth-order valence-electron chi connectivity index (χ4n) is 2.86. The van der Waals surface area contributed by atoms with Gasteiger partial charge in [0.05, 0.1) is 12.3 Å². The number of amides is 1. The number of hydrogen-bond donors (Lipinski definition) is 0. The minimum atomic E-state index is -0.176. The summed E-state index contributed by atoms with van der Waals surface area (Å²) in [7, 11) is 1.52. The molecule has 1 atom stereocenters. The Bertz CT molecular complexity index is 762. The molecule has 0 spiro atoms. The predicted molar refractivity (Wildman–Crippen MR) is 101 cm³/mol. The average molecular weight is 373 g/mol. The van der Waals surface area contributed by atoms with Crippen LogP contribution in [0.3, 0.4) is 0 Å². The lowest BCUT2D eigenvalue weighted by Crippen LogP contribution is -2.39. The van der Waals surface area contributed by atoms with E-state index in [-0.39, 0.29) is 18.6 Å². The molecule has 0 radical (unpaired) electrons. The molecule has 1 aliphatic rings. The maximum Gasteiger partial charge on any atom is 0.248 e. The Labute approximate surface area is 158 Å². The topological polar surface area (TPSA) is 51.1 Å². The number of hydrogen-bond acceptors (Lipinski definition) is 4. The predicted octanol–water partition coefficient (Wildman–Crippen LogP) is 3.51. The molecule has 0 saturated heterocycles.